The van der Waals surface area contributed by atoms with Crippen LogP contribution < -0.4 is 0 Å². The first-order valence-corrected chi connectivity index (χ1v) is 7.19. The number of hydrogen-bond acceptors (Lipinski definition) is 1. The highest BCUT2D eigenvalue weighted by Crippen LogP contribution is 2.36. The minimum atomic E-state index is 0.244. The van der Waals surface area contributed by atoms with E-state index in [0.29, 0.717) is 0 Å². The Morgan fingerprint density at radius 2 is 1.05 bits per heavy atom. The number of hydrogen-bond donors (Lipinski definition) is 0. The van der Waals surface area contributed by atoms with Crippen molar-refractivity contribution >= 4 is 0 Å². The van der Waals surface area contributed by atoms with Gasteiger partial charge in [-0.3, -0.25) is 0 Å². The summed E-state index contributed by atoms with van der Waals surface area (Å²) in [5.41, 5.74) is 2.62. The predicted molar refractivity (Wildman–Crippen MR) is 77.9 cm³/mol. The highest BCUT2D eigenvalue weighted by atomic mass is 16.5. The molecule has 0 amide bonds. The zero-order valence-corrected chi connectivity index (χ0v) is 11.2. The quantitative estimate of drug-likeness (QED) is 0.726. The van der Waals surface area contributed by atoms with Crippen molar-refractivity contribution in [1.29, 1.82) is 0 Å². The summed E-state index contributed by atoms with van der Waals surface area (Å²) in [5.74, 6) is 0. The first-order chi connectivity index (χ1) is 9.43. The number of ether oxygens (including phenoxy) is 1. The maximum absolute atomic E-state index is 6.38. The van der Waals surface area contributed by atoms with Gasteiger partial charge in [-0.1, -0.05) is 73.5 Å². The van der Waals surface area contributed by atoms with E-state index in [1.807, 2.05) is 0 Å². The van der Waals surface area contributed by atoms with Crippen LogP contribution in [0.5, 0.6) is 0 Å². The SMILES string of the molecule is c1ccc(C2CCCCC(c3ccccc3)O2)cc1. The Balaban J connectivity index is 1.80. The van der Waals surface area contributed by atoms with E-state index in [1.54, 1.807) is 0 Å². The molecule has 0 aromatic heterocycles. The van der Waals surface area contributed by atoms with E-state index < -0.39 is 0 Å². The van der Waals surface area contributed by atoms with E-state index in [0.717, 1.165) is 12.8 Å². The van der Waals surface area contributed by atoms with Crippen LogP contribution in [-0.2, 0) is 4.74 Å². The second-order valence-electron chi connectivity index (χ2n) is 5.22. The molecule has 1 nitrogen and oxygen atoms in total. The zero-order chi connectivity index (χ0) is 12.9. The summed E-state index contributed by atoms with van der Waals surface area (Å²) in [5, 5.41) is 0. The van der Waals surface area contributed by atoms with Crippen molar-refractivity contribution in [2.75, 3.05) is 0 Å². The Bertz CT molecular complexity index is 444. The molecule has 1 heterocycles. The highest BCUT2D eigenvalue weighted by Gasteiger charge is 2.22. The molecule has 1 heteroatoms. The van der Waals surface area contributed by atoms with Crippen LogP contribution in [0.1, 0.15) is 49.0 Å². The standard InChI is InChI=1S/C18H20O/c1-3-9-15(10-4-1)17-13-7-8-14-18(19-17)16-11-5-2-6-12-16/h1-6,9-12,17-18H,7-8,13-14H2. The van der Waals surface area contributed by atoms with Crippen LogP contribution in [0.25, 0.3) is 0 Å². The molecule has 0 N–H and O–H groups in total. The fourth-order valence-corrected chi connectivity index (χ4v) is 2.82. The Labute approximate surface area is 115 Å². The average Bonchev–Trinajstić information content (AvgIpc) is 2.75. The van der Waals surface area contributed by atoms with Gasteiger partial charge in [-0.25, -0.2) is 0 Å². The molecule has 19 heavy (non-hydrogen) atoms. The third-order valence-corrected chi connectivity index (χ3v) is 3.85. The first kappa shape index (κ1) is 12.4. The summed E-state index contributed by atoms with van der Waals surface area (Å²) in [6.07, 6.45) is 5.26. The molecular formula is C18H20O. The third-order valence-electron chi connectivity index (χ3n) is 3.85. The van der Waals surface area contributed by atoms with Crippen LogP contribution in [0.4, 0.5) is 0 Å². The lowest BCUT2D eigenvalue weighted by Gasteiger charge is -2.22. The predicted octanol–water partition coefficient (Wildman–Crippen LogP) is 5.06. The van der Waals surface area contributed by atoms with Crippen LogP contribution in [0, 0.1) is 0 Å². The van der Waals surface area contributed by atoms with Gasteiger partial charge in [0.2, 0.25) is 0 Å². The fraction of sp³-hybridized carbons (Fsp3) is 0.333. The molecule has 2 aromatic carbocycles. The molecule has 2 atom stereocenters. The van der Waals surface area contributed by atoms with Crippen LogP contribution in [0.2, 0.25) is 0 Å². The summed E-state index contributed by atoms with van der Waals surface area (Å²) < 4.78 is 6.38. The van der Waals surface area contributed by atoms with Crippen molar-refractivity contribution in [3.05, 3.63) is 71.8 Å². The van der Waals surface area contributed by atoms with E-state index in [4.69, 9.17) is 4.74 Å². The lowest BCUT2D eigenvalue weighted by atomic mass is 10.0. The maximum atomic E-state index is 6.38. The molecule has 0 bridgehead atoms. The Hall–Kier alpha value is -1.60. The Morgan fingerprint density at radius 1 is 0.632 bits per heavy atom. The van der Waals surface area contributed by atoms with E-state index >= 15 is 0 Å². The molecule has 2 unspecified atom stereocenters. The van der Waals surface area contributed by atoms with Gasteiger partial charge in [0.1, 0.15) is 0 Å². The van der Waals surface area contributed by atoms with Gasteiger partial charge in [0.25, 0.3) is 0 Å². The van der Waals surface area contributed by atoms with Gasteiger partial charge in [-0.15, -0.1) is 0 Å². The second-order valence-corrected chi connectivity index (χ2v) is 5.22. The van der Waals surface area contributed by atoms with Crippen molar-refractivity contribution in [2.24, 2.45) is 0 Å². The van der Waals surface area contributed by atoms with Crippen molar-refractivity contribution in [3.63, 3.8) is 0 Å². The molecule has 0 radical (unpaired) electrons. The maximum Gasteiger partial charge on any atom is 0.0833 e. The normalized spacial score (nSPS) is 23.8. The highest BCUT2D eigenvalue weighted by molar-refractivity contribution is 5.20. The summed E-state index contributed by atoms with van der Waals surface area (Å²) in [4.78, 5) is 0. The van der Waals surface area contributed by atoms with Gasteiger partial charge in [-0.2, -0.15) is 0 Å². The molecule has 0 aliphatic carbocycles. The zero-order valence-electron chi connectivity index (χ0n) is 11.2. The largest absolute Gasteiger partial charge is 0.366 e. The van der Waals surface area contributed by atoms with Gasteiger partial charge >= 0.3 is 0 Å². The van der Waals surface area contributed by atoms with Crippen molar-refractivity contribution in [2.45, 2.75) is 37.9 Å². The smallest absolute Gasteiger partial charge is 0.0833 e. The van der Waals surface area contributed by atoms with Gasteiger partial charge in [0.15, 0.2) is 0 Å². The average molecular weight is 252 g/mol. The van der Waals surface area contributed by atoms with Crippen molar-refractivity contribution < 1.29 is 4.74 Å². The minimum absolute atomic E-state index is 0.244. The van der Waals surface area contributed by atoms with Crippen molar-refractivity contribution in [1.82, 2.24) is 0 Å². The molecule has 3 rings (SSSR count). The van der Waals surface area contributed by atoms with Crippen LogP contribution >= 0.6 is 0 Å². The lowest BCUT2D eigenvalue weighted by molar-refractivity contribution is -0.0112. The van der Waals surface area contributed by atoms with E-state index in [-0.39, 0.29) is 12.2 Å². The van der Waals surface area contributed by atoms with Gasteiger partial charge in [0.05, 0.1) is 12.2 Å². The lowest BCUT2D eigenvalue weighted by Crippen LogP contribution is -2.07. The number of benzene rings is 2. The molecule has 0 saturated carbocycles. The Morgan fingerprint density at radius 3 is 1.47 bits per heavy atom. The molecule has 1 saturated heterocycles. The third kappa shape index (κ3) is 3.05. The summed E-state index contributed by atoms with van der Waals surface area (Å²) >= 11 is 0. The molecule has 1 aliphatic rings. The van der Waals surface area contributed by atoms with E-state index in [9.17, 15) is 0 Å². The van der Waals surface area contributed by atoms with Crippen LogP contribution in [0.15, 0.2) is 60.7 Å². The fourth-order valence-electron chi connectivity index (χ4n) is 2.82. The van der Waals surface area contributed by atoms with E-state index in [1.165, 1.54) is 24.0 Å². The van der Waals surface area contributed by atoms with Gasteiger partial charge in [-0.05, 0) is 24.0 Å². The summed E-state index contributed by atoms with van der Waals surface area (Å²) in [6.45, 7) is 0. The second kappa shape index (κ2) is 6.03. The summed E-state index contributed by atoms with van der Waals surface area (Å²) in [6, 6.07) is 21.2. The van der Waals surface area contributed by atoms with Crippen LogP contribution in [0.3, 0.4) is 0 Å². The summed E-state index contributed by atoms with van der Waals surface area (Å²) in [7, 11) is 0. The van der Waals surface area contributed by atoms with Crippen molar-refractivity contribution in [3.8, 4) is 0 Å². The van der Waals surface area contributed by atoms with Gasteiger partial charge in [0, 0.05) is 0 Å². The van der Waals surface area contributed by atoms with E-state index in [2.05, 4.69) is 60.7 Å². The molecule has 1 aliphatic heterocycles. The Kier molecular flexibility index (Phi) is 3.95. The topological polar surface area (TPSA) is 9.23 Å². The molecular weight excluding hydrogens is 232 g/mol. The molecule has 98 valence electrons. The monoisotopic (exact) mass is 252 g/mol. The first-order valence-electron chi connectivity index (χ1n) is 7.19. The minimum Gasteiger partial charge on any atom is -0.366 e. The molecule has 1 fully saturated rings. The molecule has 0 spiro atoms. The molecule has 2 aromatic rings. The number of rotatable bonds is 2. The van der Waals surface area contributed by atoms with Crippen LogP contribution in [-0.4, -0.2) is 0 Å². The van der Waals surface area contributed by atoms with Gasteiger partial charge < -0.3 is 4.74 Å².